The molecule has 0 aromatic carbocycles. The Morgan fingerprint density at radius 1 is 1.42 bits per heavy atom. The Morgan fingerprint density at radius 2 is 2.16 bits per heavy atom. The van der Waals surface area contributed by atoms with Gasteiger partial charge in [-0.15, -0.1) is 0 Å². The topological polar surface area (TPSA) is 32.3 Å². The number of thioether (sulfide) groups is 1. The Morgan fingerprint density at radius 3 is 2.68 bits per heavy atom. The molecule has 1 heterocycles. The van der Waals surface area contributed by atoms with Gasteiger partial charge in [-0.2, -0.15) is 11.8 Å². The van der Waals surface area contributed by atoms with E-state index in [9.17, 15) is 4.79 Å². The van der Waals surface area contributed by atoms with Crippen LogP contribution in [-0.2, 0) is 4.79 Å². The minimum atomic E-state index is 0.371. The van der Waals surface area contributed by atoms with E-state index in [0.717, 1.165) is 18.7 Å². The number of hydrogen-bond acceptors (Lipinski definition) is 3. The lowest BCUT2D eigenvalue weighted by molar-refractivity contribution is -0.135. The molecule has 1 saturated carbocycles. The molecule has 0 aromatic heterocycles. The lowest BCUT2D eigenvalue weighted by Crippen LogP contribution is -2.47. The van der Waals surface area contributed by atoms with Crippen molar-refractivity contribution in [2.45, 2.75) is 64.6 Å². The fourth-order valence-corrected chi connectivity index (χ4v) is 3.75. The minimum absolute atomic E-state index is 0.371. The Bertz CT molecular complexity index is 301. The van der Waals surface area contributed by atoms with Crippen LogP contribution in [0, 0.1) is 5.92 Å². The van der Waals surface area contributed by atoms with Crippen LogP contribution in [0.5, 0.6) is 0 Å². The number of nitrogens with zero attached hydrogens (tertiary/aromatic N) is 1. The summed E-state index contributed by atoms with van der Waals surface area (Å²) in [6, 6.07) is 1.31. The van der Waals surface area contributed by atoms with Gasteiger partial charge in [0.05, 0.1) is 0 Å². The second-order valence-corrected chi connectivity index (χ2v) is 7.24. The summed E-state index contributed by atoms with van der Waals surface area (Å²) in [5.41, 5.74) is 0. The number of amides is 1. The molecule has 2 rings (SSSR count). The highest BCUT2D eigenvalue weighted by Crippen LogP contribution is 2.32. The van der Waals surface area contributed by atoms with E-state index < -0.39 is 0 Å². The van der Waals surface area contributed by atoms with Crippen molar-refractivity contribution in [3.63, 3.8) is 0 Å². The maximum absolute atomic E-state index is 12.6. The molecule has 3 atom stereocenters. The molecule has 3 unspecified atom stereocenters. The maximum atomic E-state index is 12.6. The van der Waals surface area contributed by atoms with Crippen LogP contribution in [0.15, 0.2) is 0 Å². The van der Waals surface area contributed by atoms with Gasteiger partial charge in [-0.3, -0.25) is 4.79 Å². The first kappa shape index (κ1) is 15.2. The van der Waals surface area contributed by atoms with Gasteiger partial charge in [0.15, 0.2) is 0 Å². The average Bonchev–Trinajstić information content (AvgIpc) is 3.23. The van der Waals surface area contributed by atoms with Crippen LogP contribution >= 0.6 is 11.8 Å². The highest BCUT2D eigenvalue weighted by Gasteiger charge is 2.37. The zero-order valence-electron chi connectivity index (χ0n) is 12.5. The van der Waals surface area contributed by atoms with E-state index >= 15 is 0 Å². The quantitative estimate of drug-likeness (QED) is 0.813. The molecule has 1 amide bonds. The molecule has 1 aliphatic heterocycles. The van der Waals surface area contributed by atoms with E-state index in [1.54, 1.807) is 0 Å². The molecule has 0 spiro atoms. The summed E-state index contributed by atoms with van der Waals surface area (Å²) in [6.45, 7) is 7.76. The highest BCUT2D eigenvalue weighted by molar-refractivity contribution is 7.99. The van der Waals surface area contributed by atoms with Crippen LogP contribution in [-0.4, -0.2) is 47.0 Å². The van der Waals surface area contributed by atoms with Crippen molar-refractivity contribution in [3.8, 4) is 0 Å². The third-order valence-corrected chi connectivity index (χ3v) is 5.68. The van der Waals surface area contributed by atoms with Crippen molar-refractivity contribution < 1.29 is 4.79 Å². The third-order valence-electron chi connectivity index (χ3n) is 4.55. The van der Waals surface area contributed by atoms with Crippen molar-refractivity contribution >= 4 is 17.7 Å². The predicted molar refractivity (Wildman–Crippen MR) is 82.5 cm³/mol. The smallest absolute Gasteiger partial charge is 0.224 e. The molecule has 2 aliphatic rings. The Balaban J connectivity index is 1.92. The van der Waals surface area contributed by atoms with E-state index in [4.69, 9.17) is 0 Å². The summed E-state index contributed by atoms with van der Waals surface area (Å²) in [6.07, 6.45) is 4.25. The van der Waals surface area contributed by atoms with Crippen molar-refractivity contribution in [1.82, 2.24) is 10.2 Å². The SMILES string of the molecule is CCC(C)C(C)N(C(=O)CC1CSCCN1)C1CC1. The fourth-order valence-electron chi connectivity index (χ4n) is 2.80. The highest BCUT2D eigenvalue weighted by atomic mass is 32.2. The summed E-state index contributed by atoms with van der Waals surface area (Å²) in [5, 5.41) is 3.48. The van der Waals surface area contributed by atoms with Crippen molar-refractivity contribution in [2.24, 2.45) is 5.92 Å². The standard InChI is InChI=1S/C15H28N2OS/c1-4-11(2)12(3)17(14-5-6-14)15(18)9-13-10-19-8-7-16-13/h11-14,16H,4-10H2,1-3H3. The summed E-state index contributed by atoms with van der Waals surface area (Å²) in [4.78, 5) is 14.8. The molecule has 0 bridgehead atoms. The van der Waals surface area contributed by atoms with Gasteiger partial charge in [0.25, 0.3) is 0 Å². The summed E-state index contributed by atoms with van der Waals surface area (Å²) in [7, 11) is 0. The van der Waals surface area contributed by atoms with Crippen molar-refractivity contribution in [1.29, 1.82) is 0 Å². The minimum Gasteiger partial charge on any atom is -0.337 e. The number of hydrogen-bond donors (Lipinski definition) is 1. The second-order valence-electron chi connectivity index (χ2n) is 6.09. The number of nitrogens with one attached hydrogen (secondary N) is 1. The molecule has 1 saturated heterocycles. The zero-order chi connectivity index (χ0) is 13.8. The van der Waals surface area contributed by atoms with E-state index in [1.807, 2.05) is 11.8 Å². The van der Waals surface area contributed by atoms with Crippen molar-refractivity contribution in [2.75, 3.05) is 18.1 Å². The monoisotopic (exact) mass is 284 g/mol. The number of carbonyl (C=O) groups is 1. The molecule has 110 valence electrons. The number of rotatable bonds is 6. The van der Waals surface area contributed by atoms with E-state index in [2.05, 4.69) is 31.0 Å². The van der Waals surface area contributed by atoms with Crippen LogP contribution in [0.25, 0.3) is 0 Å². The number of carbonyl (C=O) groups excluding carboxylic acids is 1. The van der Waals surface area contributed by atoms with Crippen molar-refractivity contribution in [3.05, 3.63) is 0 Å². The van der Waals surface area contributed by atoms with Gasteiger partial charge in [0.2, 0.25) is 5.91 Å². The first-order valence-corrected chi connectivity index (χ1v) is 8.91. The molecule has 2 fully saturated rings. The first-order chi connectivity index (χ1) is 9.13. The molecular formula is C15H28N2OS. The molecule has 3 nitrogen and oxygen atoms in total. The summed E-state index contributed by atoms with van der Waals surface area (Å²) in [5.74, 6) is 3.23. The molecule has 1 N–H and O–H groups in total. The molecular weight excluding hydrogens is 256 g/mol. The van der Waals surface area contributed by atoms with Gasteiger partial charge in [0, 0.05) is 42.6 Å². The fraction of sp³-hybridized carbons (Fsp3) is 0.933. The molecule has 0 radical (unpaired) electrons. The predicted octanol–water partition coefficient (Wildman–Crippen LogP) is 2.51. The van der Waals surface area contributed by atoms with Crippen LogP contribution in [0.3, 0.4) is 0 Å². The van der Waals surface area contributed by atoms with E-state index in [1.165, 1.54) is 18.6 Å². The van der Waals surface area contributed by atoms with Gasteiger partial charge in [-0.05, 0) is 25.7 Å². The van der Waals surface area contributed by atoms with E-state index in [-0.39, 0.29) is 0 Å². The zero-order valence-corrected chi connectivity index (χ0v) is 13.3. The van der Waals surface area contributed by atoms with Crippen LogP contribution in [0.2, 0.25) is 0 Å². The van der Waals surface area contributed by atoms with Crippen LogP contribution in [0.1, 0.15) is 46.5 Å². The summed E-state index contributed by atoms with van der Waals surface area (Å²) >= 11 is 1.97. The van der Waals surface area contributed by atoms with Crippen LogP contribution in [0.4, 0.5) is 0 Å². The van der Waals surface area contributed by atoms with Gasteiger partial charge >= 0.3 is 0 Å². The Hall–Kier alpha value is -0.220. The summed E-state index contributed by atoms with van der Waals surface area (Å²) < 4.78 is 0. The maximum Gasteiger partial charge on any atom is 0.224 e. The Kier molecular flexibility index (Phi) is 5.58. The lowest BCUT2D eigenvalue weighted by atomic mass is 9.98. The molecule has 19 heavy (non-hydrogen) atoms. The van der Waals surface area contributed by atoms with Crippen LogP contribution < -0.4 is 5.32 Å². The largest absolute Gasteiger partial charge is 0.337 e. The average molecular weight is 284 g/mol. The molecule has 1 aliphatic carbocycles. The van der Waals surface area contributed by atoms with Gasteiger partial charge in [-0.25, -0.2) is 0 Å². The normalized spacial score (nSPS) is 26.8. The van der Waals surface area contributed by atoms with Gasteiger partial charge in [0.1, 0.15) is 0 Å². The first-order valence-electron chi connectivity index (χ1n) is 7.75. The third kappa shape index (κ3) is 4.12. The molecule has 0 aromatic rings. The van der Waals surface area contributed by atoms with Gasteiger partial charge < -0.3 is 10.2 Å². The molecule has 4 heteroatoms. The second kappa shape index (κ2) is 6.98. The van der Waals surface area contributed by atoms with E-state index in [0.29, 0.717) is 36.4 Å². The Labute approximate surface area is 121 Å². The van der Waals surface area contributed by atoms with Gasteiger partial charge in [-0.1, -0.05) is 20.3 Å². The lowest BCUT2D eigenvalue weighted by Gasteiger charge is -2.35.